The molecule has 1 saturated carbocycles. The number of benzene rings is 1. The van der Waals surface area contributed by atoms with E-state index in [4.69, 9.17) is 21.9 Å². The Morgan fingerprint density at radius 3 is 3.00 bits per heavy atom. The van der Waals surface area contributed by atoms with E-state index >= 15 is 0 Å². The van der Waals surface area contributed by atoms with Gasteiger partial charge in [0.25, 0.3) is 5.91 Å². The van der Waals surface area contributed by atoms with Crippen LogP contribution in [-0.2, 0) is 0 Å². The first-order valence-electron chi connectivity index (χ1n) is 7.73. The number of amides is 1. The summed E-state index contributed by atoms with van der Waals surface area (Å²) in [6, 6.07) is 8.75. The van der Waals surface area contributed by atoms with Crippen molar-refractivity contribution in [3.8, 4) is 11.8 Å². The zero-order valence-corrected chi connectivity index (χ0v) is 13.7. The summed E-state index contributed by atoms with van der Waals surface area (Å²) in [4.78, 5) is 11.1. The maximum absolute atomic E-state index is 11.1. The number of carbonyl (C=O) groups is 1. The van der Waals surface area contributed by atoms with Crippen molar-refractivity contribution in [2.24, 2.45) is 5.73 Å². The normalized spacial score (nSPS) is 23.3. The number of hydrogen-bond donors (Lipinski definition) is 2. The maximum atomic E-state index is 11.1. The van der Waals surface area contributed by atoms with Gasteiger partial charge in [-0.1, -0.05) is 34.7 Å². The summed E-state index contributed by atoms with van der Waals surface area (Å²) in [6.45, 7) is 0. The number of nitrogens with two attached hydrogens (primary N) is 1. The molecule has 3 rings (SSSR count). The topological polar surface area (TPSA) is 89.4 Å². The van der Waals surface area contributed by atoms with E-state index in [1.54, 1.807) is 18.2 Å². The minimum atomic E-state index is -1.10. The highest BCUT2D eigenvalue weighted by molar-refractivity contribution is 6.30. The standard InChI is InChI=1S/C18H17ClN2O3/c19-14-5-1-3-12(9-14)6-8-18(23)7-2-4-13(11-18)15-10-16(17(20)22)24-21-15/h1,3,5,9-10,13,23H,2,4,7,11H2,(H2,20,22)/t13-,18+/m0/s1. The summed E-state index contributed by atoms with van der Waals surface area (Å²) in [5, 5.41) is 15.3. The number of halogens is 1. The molecule has 2 aromatic rings. The molecule has 2 atom stereocenters. The van der Waals surface area contributed by atoms with E-state index in [9.17, 15) is 9.90 Å². The van der Waals surface area contributed by atoms with Gasteiger partial charge in [0.05, 0.1) is 5.69 Å². The molecule has 0 spiro atoms. The Morgan fingerprint density at radius 1 is 1.46 bits per heavy atom. The molecule has 6 heteroatoms. The SMILES string of the molecule is NC(=O)c1cc([C@H]2CCC[C@@](O)(C#Cc3cccc(Cl)c3)C2)no1. The van der Waals surface area contributed by atoms with Crippen LogP contribution in [0.4, 0.5) is 0 Å². The van der Waals surface area contributed by atoms with E-state index in [-0.39, 0.29) is 11.7 Å². The molecule has 1 fully saturated rings. The van der Waals surface area contributed by atoms with Crippen LogP contribution in [0.25, 0.3) is 0 Å². The van der Waals surface area contributed by atoms with Gasteiger partial charge in [-0.15, -0.1) is 0 Å². The molecule has 24 heavy (non-hydrogen) atoms. The molecular weight excluding hydrogens is 328 g/mol. The number of hydrogen-bond acceptors (Lipinski definition) is 4. The first kappa shape index (κ1) is 16.6. The Bertz CT molecular complexity index is 821. The van der Waals surface area contributed by atoms with Crippen LogP contribution in [0.2, 0.25) is 5.02 Å². The third-order valence-corrected chi connectivity index (χ3v) is 4.42. The van der Waals surface area contributed by atoms with Crippen molar-refractivity contribution in [3.63, 3.8) is 0 Å². The Kier molecular flexibility index (Phi) is 4.61. The molecule has 0 radical (unpaired) electrons. The lowest BCUT2D eigenvalue weighted by Gasteiger charge is -2.31. The average Bonchev–Trinajstić information content (AvgIpc) is 3.04. The van der Waals surface area contributed by atoms with Gasteiger partial charge in [0.1, 0.15) is 5.60 Å². The van der Waals surface area contributed by atoms with E-state index in [2.05, 4.69) is 17.0 Å². The van der Waals surface area contributed by atoms with Crippen LogP contribution in [0.3, 0.4) is 0 Å². The lowest BCUT2D eigenvalue weighted by atomic mass is 9.77. The Hall–Kier alpha value is -2.29. The predicted molar refractivity (Wildman–Crippen MR) is 89.5 cm³/mol. The van der Waals surface area contributed by atoms with Crippen LogP contribution >= 0.6 is 11.6 Å². The van der Waals surface area contributed by atoms with Crippen LogP contribution in [0, 0.1) is 11.8 Å². The van der Waals surface area contributed by atoms with Crippen molar-refractivity contribution in [2.45, 2.75) is 37.2 Å². The Morgan fingerprint density at radius 2 is 2.29 bits per heavy atom. The molecule has 124 valence electrons. The summed E-state index contributed by atoms with van der Waals surface area (Å²) < 4.78 is 4.93. The molecule has 0 aliphatic heterocycles. The molecule has 1 amide bonds. The molecule has 1 aliphatic rings. The minimum absolute atomic E-state index is 0.0192. The number of primary amides is 1. The molecule has 5 nitrogen and oxygen atoms in total. The van der Waals surface area contributed by atoms with Gasteiger partial charge in [-0.05, 0) is 43.9 Å². The van der Waals surface area contributed by atoms with E-state index in [1.165, 1.54) is 0 Å². The Labute approximate surface area is 144 Å². The zero-order valence-electron chi connectivity index (χ0n) is 13.0. The van der Waals surface area contributed by atoms with Crippen molar-refractivity contribution in [3.05, 3.63) is 52.4 Å². The average molecular weight is 345 g/mol. The van der Waals surface area contributed by atoms with E-state index in [1.807, 2.05) is 12.1 Å². The summed E-state index contributed by atoms with van der Waals surface area (Å²) in [5.41, 5.74) is 5.47. The Balaban J connectivity index is 1.77. The van der Waals surface area contributed by atoms with Gasteiger partial charge in [-0.25, -0.2) is 0 Å². The largest absolute Gasteiger partial charge is 0.378 e. The summed E-state index contributed by atoms with van der Waals surface area (Å²) in [6.07, 6.45) is 2.69. The fraction of sp³-hybridized carbons (Fsp3) is 0.333. The molecule has 1 aliphatic carbocycles. The van der Waals surface area contributed by atoms with Gasteiger partial charge < -0.3 is 15.4 Å². The van der Waals surface area contributed by atoms with Crippen LogP contribution in [0.1, 0.15) is 53.4 Å². The second-order valence-electron chi connectivity index (χ2n) is 6.07. The quantitative estimate of drug-likeness (QED) is 0.820. The highest BCUT2D eigenvalue weighted by Crippen LogP contribution is 2.38. The van der Waals surface area contributed by atoms with Gasteiger partial charge >= 0.3 is 0 Å². The number of aromatic nitrogens is 1. The molecule has 0 bridgehead atoms. The maximum Gasteiger partial charge on any atom is 0.287 e. The summed E-state index contributed by atoms with van der Waals surface area (Å²) in [5.74, 6) is 5.32. The first-order valence-corrected chi connectivity index (χ1v) is 8.10. The fourth-order valence-electron chi connectivity index (χ4n) is 2.97. The molecule has 0 saturated heterocycles. The molecule has 0 unspecified atom stereocenters. The fourth-order valence-corrected chi connectivity index (χ4v) is 3.16. The van der Waals surface area contributed by atoms with Crippen LogP contribution in [0.15, 0.2) is 34.9 Å². The van der Waals surface area contributed by atoms with Crippen molar-refractivity contribution in [1.29, 1.82) is 0 Å². The molecule has 1 heterocycles. The third kappa shape index (κ3) is 3.78. The van der Waals surface area contributed by atoms with Gasteiger partial charge in [-0.3, -0.25) is 4.79 Å². The number of rotatable bonds is 2. The van der Waals surface area contributed by atoms with Gasteiger partial charge in [0.2, 0.25) is 5.76 Å². The van der Waals surface area contributed by atoms with Gasteiger partial charge in [0, 0.05) is 22.6 Å². The van der Waals surface area contributed by atoms with Crippen LogP contribution in [0.5, 0.6) is 0 Å². The highest BCUT2D eigenvalue weighted by Gasteiger charge is 2.35. The summed E-state index contributed by atoms with van der Waals surface area (Å²) >= 11 is 5.95. The summed E-state index contributed by atoms with van der Waals surface area (Å²) in [7, 11) is 0. The van der Waals surface area contributed by atoms with Crippen molar-refractivity contribution >= 4 is 17.5 Å². The lowest BCUT2D eigenvalue weighted by Crippen LogP contribution is -2.33. The van der Waals surface area contributed by atoms with Gasteiger partial charge in [0.15, 0.2) is 0 Å². The van der Waals surface area contributed by atoms with Crippen molar-refractivity contribution < 1.29 is 14.4 Å². The molecule has 3 N–H and O–H groups in total. The van der Waals surface area contributed by atoms with Crippen LogP contribution < -0.4 is 5.73 Å². The molecule has 1 aromatic heterocycles. The number of nitrogens with zero attached hydrogens (tertiary/aromatic N) is 1. The van der Waals surface area contributed by atoms with Crippen molar-refractivity contribution in [2.75, 3.05) is 0 Å². The monoisotopic (exact) mass is 344 g/mol. The lowest BCUT2D eigenvalue weighted by molar-refractivity contribution is 0.0509. The molecular formula is C18H17ClN2O3. The van der Waals surface area contributed by atoms with E-state index < -0.39 is 11.5 Å². The second-order valence-corrected chi connectivity index (χ2v) is 6.50. The predicted octanol–water partition coefficient (Wildman–Crippen LogP) is 2.87. The van der Waals surface area contributed by atoms with E-state index in [0.717, 1.165) is 18.4 Å². The zero-order chi connectivity index (χ0) is 17.2. The smallest absolute Gasteiger partial charge is 0.287 e. The van der Waals surface area contributed by atoms with Crippen LogP contribution in [-0.4, -0.2) is 21.8 Å². The number of carbonyl (C=O) groups excluding carboxylic acids is 1. The van der Waals surface area contributed by atoms with E-state index in [0.29, 0.717) is 23.6 Å². The molecule has 1 aromatic carbocycles. The van der Waals surface area contributed by atoms with Gasteiger partial charge in [-0.2, -0.15) is 0 Å². The third-order valence-electron chi connectivity index (χ3n) is 4.18. The van der Waals surface area contributed by atoms with Crippen molar-refractivity contribution in [1.82, 2.24) is 5.16 Å². The number of aliphatic hydroxyl groups is 1. The minimum Gasteiger partial charge on any atom is -0.378 e. The second kappa shape index (κ2) is 6.68. The first-order chi connectivity index (χ1) is 11.5. The highest BCUT2D eigenvalue weighted by atomic mass is 35.5.